The number of hydrogen-bond acceptors (Lipinski definition) is 6. The summed E-state index contributed by atoms with van der Waals surface area (Å²) in [6.45, 7) is 9.94. The van der Waals surface area contributed by atoms with Gasteiger partial charge in [0.05, 0.1) is 24.5 Å². The van der Waals surface area contributed by atoms with Crippen LogP contribution >= 0.6 is 0 Å². The molecule has 2 heterocycles. The van der Waals surface area contributed by atoms with Crippen molar-refractivity contribution in [2.45, 2.75) is 71.1 Å². The van der Waals surface area contributed by atoms with E-state index in [4.69, 9.17) is 0 Å². The molecule has 0 saturated carbocycles. The van der Waals surface area contributed by atoms with Gasteiger partial charge in [-0.1, -0.05) is 59.8 Å². The fourth-order valence-electron chi connectivity index (χ4n) is 5.48. The first-order valence-corrected chi connectivity index (χ1v) is 15.7. The summed E-state index contributed by atoms with van der Waals surface area (Å²) in [5.74, 6) is -0.0147. The Morgan fingerprint density at radius 1 is 0.822 bits per heavy atom. The first-order chi connectivity index (χ1) is 21.5. The van der Waals surface area contributed by atoms with Crippen LogP contribution in [0.3, 0.4) is 0 Å². The second-order valence-corrected chi connectivity index (χ2v) is 13.1. The van der Waals surface area contributed by atoms with E-state index in [9.17, 15) is 9.59 Å². The summed E-state index contributed by atoms with van der Waals surface area (Å²) in [5, 5.41) is 18.9. The number of fused-ring (bicyclic) bond motifs is 5. The summed E-state index contributed by atoms with van der Waals surface area (Å²) in [6, 6.07) is 23.8. The molecule has 0 bridgehead atoms. The third-order valence-corrected chi connectivity index (χ3v) is 8.99. The van der Waals surface area contributed by atoms with Crippen LogP contribution in [0, 0.1) is 0 Å². The number of carbonyl (C=O) groups is 2. The molecular weight excluding hydrogens is 562 g/mol. The Balaban J connectivity index is 1.45. The standard InChI is InChI=1S/C36H45N7O2/c1-35(2,37-5)20-19-31(44)42-24-27-11-7-8-12-28(27)32-33(29-13-9-10-14-30(29)42)43(41-40-32)23-25-15-17-26(18-16-25)34(45)39-22-21-36(3,4)38-6/h7-18,37-38H,19-24H2,1-6H3,(H,39,45). The highest BCUT2D eigenvalue weighted by molar-refractivity contribution is 6.00. The van der Waals surface area contributed by atoms with Crippen molar-refractivity contribution in [2.24, 2.45) is 0 Å². The van der Waals surface area contributed by atoms with Gasteiger partial charge in [0.1, 0.15) is 5.69 Å². The Morgan fingerprint density at radius 3 is 2.18 bits per heavy atom. The van der Waals surface area contributed by atoms with Crippen LogP contribution in [0.25, 0.3) is 22.5 Å². The summed E-state index contributed by atoms with van der Waals surface area (Å²) in [6.07, 6.45) is 1.96. The third kappa shape index (κ3) is 7.32. The van der Waals surface area contributed by atoms with Crippen LogP contribution in [0.5, 0.6) is 0 Å². The zero-order valence-electron chi connectivity index (χ0n) is 27.3. The second-order valence-electron chi connectivity index (χ2n) is 13.1. The van der Waals surface area contributed by atoms with Crippen LogP contribution in [-0.4, -0.2) is 58.5 Å². The lowest BCUT2D eigenvalue weighted by atomic mass is 9.94. The minimum Gasteiger partial charge on any atom is -0.352 e. The van der Waals surface area contributed by atoms with Gasteiger partial charge in [0.2, 0.25) is 5.91 Å². The molecule has 3 aromatic carbocycles. The fourth-order valence-corrected chi connectivity index (χ4v) is 5.48. The highest BCUT2D eigenvalue weighted by Crippen LogP contribution is 2.41. The molecule has 236 valence electrons. The molecule has 0 radical (unpaired) electrons. The van der Waals surface area contributed by atoms with Crippen molar-refractivity contribution in [3.05, 3.63) is 89.5 Å². The summed E-state index contributed by atoms with van der Waals surface area (Å²) in [4.78, 5) is 28.5. The molecule has 0 aliphatic carbocycles. The van der Waals surface area contributed by atoms with Crippen molar-refractivity contribution in [1.29, 1.82) is 0 Å². The van der Waals surface area contributed by atoms with Crippen molar-refractivity contribution in [2.75, 3.05) is 25.5 Å². The van der Waals surface area contributed by atoms with E-state index in [-0.39, 0.29) is 22.9 Å². The predicted molar refractivity (Wildman–Crippen MR) is 180 cm³/mol. The van der Waals surface area contributed by atoms with Gasteiger partial charge >= 0.3 is 0 Å². The van der Waals surface area contributed by atoms with Crippen LogP contribution in [0.2, 0.25) is 0 Å². The van der Waals surface area contributed by atoms with Crippen molar-refractivity contribution in [1.82, 2.24) is 30.9 Å². The van der Waals surface area contributed by atoms with E-state index in [1.165, 1.54) is 0 Å². The normalized spacial score (nSPS) is 12.9. The molecule has 4 aromatic rings. The number of rotatable bonds is 11. The van der Waals surface area contributed by atoms with E-state index in [0.717, 1.165) is 52.2 Å². The van der Waals surface area contributed by atoms with Crippen molar-refractivity contribution >= 4 is 17.5 Å². The molecule has 9 nitrogen and oxygen atoms in total. The van der Waals surface area contributed by atoms with Gasteiger partial charge in [0, 0.05) is 40.7 Å². The van der Waals surface area contributed by atoms with Crippen LogP contribution in [0.4, 0.5) is 5.69 Å². The highest BCUT2D eigenvalue weighted by Gasteiger charge is 2.30. The smallest absolute Gasteiger partial charge is 0.251 e. The van der Waals surface area contributed by atoms with Gasteiger partial charge < -0.3 is 20.9 Å². The van der Waals surface area contributed by atoms with E-state index >= 15 is 0 Å². The van der Waals surface area contributed by atoms with Crippen LogP contribution in [0.1, 0.15) is 68.4 Å². The number of anilines is 1. The zero-order chi connectivity index (χ0) is 32.2. The maximum Gasteiger partial charge on any atom is 0.251 e. The van der Waals surface area contributed by atoms with E-state index in [2.05, 4.69) is 66.1 Å². The van der Waals surface area contributed by atoms with Gasteiger partial charge in [-0.3, -0.25) is 9.59 Å². The molecule has 1 aliphatic rings. The molecule has 0 saturated heterocycles. The first kappa shape index (κ1) is 32.1. The number of nitrogens with zero attached hydrogens (tertiary/aromatic N) is 4. The summed E-state index contributed by atoms with van der Waals surface area (Å²) < 4.78 is 1.90. The fraction of sp³-hybridized carbons (Fsp3) is 0.389. The lowest BCUT2D eigenvalue weighted by molar-refractivity contribution is -0.119. The molecule has 0 fully saturated rings. The Morgan fingerprint density at radius 2 is 1.47 bits per heavy atom. The van der Waals surface area contributed by atoms with Gasteiger partial charge in [0.25, 0.3) is 5.91 Å². The molecule has 2 amide bonds. The second kappa shape index (κ2) is 13.3. The van der Waals surface area contributed by atoms with Crippen molar-refractivity contribution in [3.8, 4) is 22.5 Å². The van der Waals surface area contributed by atoms with Gasteiger partial charge in [-0.05, 0) is 84.0 Å². The number of amides is 2. The minimum absolute atomic E-state index is 0.0428. The average molecular weight is 608 g/mol. The molecule has 1 aromatic heterocycles. The molecule has 5 rings (SSSR count). The van der Waals surface area contributed by atoms with Crippen LogP contribution in [0.15, 0.2) is 72.8 Å². The average Bonchev–Trinajstić information content (AvgIpc) is 3.44. The van der Waals surface area contributed by atoms with E-state index in [1.807, 2.05) is 84.3 Å². The summed E-state index contributed by atoms with van der Waals surface area (Å²) in [7, 11) is 3.85. The molecular formula is C36H45N7O2. The number of aromatic nitrogens is 3. The molecule has 45 heavy (non-hydrogen) atoms. The molecule has 9 heteroatoms. The maximum atomic E-state index is 13.9. The SMILES string of the molecule is CNC(C)(C)CCNC(=O)c1ccc(Cn2nnc3c2-c2ccccc2N(C(=O)CCC(C)(C)NC)Cc2ccccc2-3)cc1. The Kier molecular flexibility index (Phi) is 9.51. The van der Waals surface area contributed by atoms with Gasteiger partial charge in [-0.2, -0.15) is 0 Å². The molecule has 1 aliphatic heterocycles. The first-order valence-electron chi connectivity index (χ1n) is 15.7. The van der Waals surface area contributed by atoms with Gasteiger partial charge in [-0.15, -0.1) is 5.10 Å². The Bertz CT molecular complexity index is 1660. The molecule has 3 N–H and O–H groups in total. The molecule has 0 unspecified atom stereocenters. The zero-order valence-corrected chi connectivity index (χ0v) is 27.3. The number of benzene rings is 3. The lowest BCUT2D eigenvalue weighted by Gasteiger charge is -2.30. The van der Waals surface area contributed by atoms with E-state index in [1.54, 1.807) is 0 Å². The predicted octanol–water partition coefficient (Wildman–Crippen LogP) is 5.40. The molecule has 0 atom stereocenters. The monoisotopic (exact) mass is 607 g/mol. The van der Waals surface area contributed by atoms with Crippen molar-refractivity contribution < 1.29 is 9.59 Å². The Labute approximate surface area is 266 Å². The highest BCUT2D eigenvalue weighted by atomic mass is 16.2. The van der Waals surface area contributed by atoms with E-state index in [0.29, 0.717) is 31.6 Å². The number of para-hydroxylation sites is 1. The van der Waals surface area contributed by atoms with Gasteiger partial charge in [-0.25, -0.2) is 4.68 Å². The number of nitrogens with one attached hydrogen (secondary N) is 3. The number of carbonyl (C=O) groups excluding carboxylic acids is 2. The largest absolute Gasteiger partial charge is 0.352 e. The minimum atomic E-state index is -0.148. The number of hydrogen-bond donors (Lipinski definition) is 3. The molecule has 0 spiro atoms. The third-order valence-electron chi connectivity index (χ3n) is 8.99. The Hall–Kier alpha value is -4.34. The van der Waals surface area contributed by atoms with Crippen LogP contribution < -0.4 is 20.9 Å². The lowest BCUT2D eigenvalue weighted by Crippen LogP contribution is -2.40. The van der Waals surface area contributed by atoms with E-state index < -0.39 is 0 Å². The van der Waals surface area contributed by atoms with Crippen LogP contribution in [-0.2, 0) is 17.9 Å². The quantitative estimate of drug-likeness (QED) is 0.211. The topological polar surface area (TPSA) is 104 Å². The van der Waals surface area contributed by atoms with Gasteiger partial charge in [0.15, 0.2) is 0 Å². The van der Waals surface area contributed by atoms with Crippen molar-refractivity contribution in [3.63, 3.8) is 0 Å². The maximum absolute atomic E-state index is 13.9. The summed E-state index contributed by atoms with van der Waals surface area (Å²) >= 11 is 0. The summed E-state index contributed by atoms with van der Waals surface area (Å²) in [5.41, 5.74) is 6.82.